The third-order valence-corrected chi connectivity index (χ3v) is 3.55. The smallest absolute Gasteiger partial charge is 0.0701 e. The maximum Gasteiger partial charge on any atom is 0.0701 e. The van der Waals surface area contributed by atoms with E-state index in [-0.39, 0.29) is 6.04 Å². The molecule has 0 spiro atoms. The second kappa shape index (κ2) is 10.8. The molecule has 3 heteroatoms. The van der Waals surface area contributed by atoms with Crippen LogP contribution in [0.25, 0.3) is 0 Å². The quantitative estimate of drug-likeness (QED) is 0.630. The summed E-state index contributed by atoms with van der Waals surface area (Å²) in [6, 6.07) is 6.86. The second-order valence-electron chi connectivity index (χ2n) is 5.51. The largest absolute Gasteiger partial charge is 0.379 e. The van der Waals surface area contributed by atoms with Crippen LogP contribution in [0.5, 0.6) is 0 Å². The van der Waals surface area contributed by atoms with Crippen LogP contribution in [0.3, 0.4) is 0 Å². The SMILES string of the molecule is CCCCOCCOCC(NCC)c1ccc(C)cc1C. The van der Waals surface area contributed by atoms with E-state index in [1.54, 1.807) is 0 Å². The van der Waals surface area contributed by atoms with Crippen LogP contribution in [0.1, 0.15) is 49.4 Å². The first-order valence-corrected chi connectivity index (χ1v) is 8.15. The third kappa shape index (κ3) is 7.07. The number of hydrogen-bond acceptors (Lipinski definition) is 3. The highest BCUT2D eigenvalue weighted by atomic mass is 16.5. The van der Waals surface area contributed by atoms with Gasteiger partial charge in [-0.2, -0.15) is 0 Å². The van der Waals surface area contributed by atoms with E-state index in [0.717, 1.165) is 19.6 Å². The van der Waals surface area contributed by atoms with Crippen LogP contribution in [0.2, 0.25) is 0 Å². The summed E-state index contributed by atoms with van der Waals surface area (Å²) < 4.78 is 11.3. The molecule has 1 N–H and O–H groups in total. The van der Waals surface area contributed by atoms with Crippen molar-refractivity contribution in [3.63, 3.8) is 0 Å². The number of unbranched alkanes of at least 4 members (excludes halogenated alkanes) is 1. The maximum atomic E-state index is 5.78. The maximum absolute atomic E-state index is 5.78. The van der Waals surface area contributed by atoms with Crippen molar-refractivity contribution in [3.05, 3.63) is 34.9 Å². The number of benzene rings is 1. The van der Waals surface area contributed by atoms with Gasteiger partial charge in [-0.25, -0.2) is 0 Å². The zero-order valence-corrected chi connectivity index (χ0v) is 14.1. The highest BCUT2D eigenvalue weighted by molar-refractivity contribution is 5.32. The normalized spacial score (nSPS) is 12.6. The fourth-order valence-corrected chi connectivity index (χ4v) is 2.39. The van der Waals surface area contributed by atoms with E-state index in [1.165, 1.54) is 23.1 Å². The molecule has 0 aliphatic rings. The Balaban J connectivity index is 2.39. The first kappa shape index (κ1) is 18.1. The molecule has 0 amide bonds. The van der Waals surface area contributed by atoms with Crippen LogP contribution >= 0.6 is 0 Å². The van der Waals surface area contributed by atoms with E-state index in [1.807, 2.05) is 0 Å². The third-order valence-electron chi connectivity index (χ3n) is 3.55. The van der Waals surface area contributed by atoms with Crippen LogP contribution in [-0.4, -0.2) is 33.0 Å². The molecule has 1 atom stereocenters. The molecule has 1 aromatic rings. The van der Waals surface area contributed by atoms with Crippen molar-refractivity contribution < 1.29 is 9.47 Å². The van der Waals surface area contributed by atoms with Crippen LogP contribution in [0, 0.1) is 13.8 Å². The van der Waals surface area contributed by atoms with Crippen LogP contribution in [-0.2, 0) is 9.47 Å². The highest BCUT2D eigenvalue weighted by Gasteiger charge is 2.12. The summed E-state index contributed by atoms with van der Waals surface area (Å²) in [5, 5.41) is 3.50. The molecule has 0 aliphatic carbocycles. The van der Waals surface area contributed by atoms with Crippen LogP contribution in [0.4, 0.5) is 0 Å². The molecule has 1 aromatic carbocycles. The number of likely N-dealkylation sites (N-methyl/N-ethyl adjacent to an activating group) is 1. The minimum atomic E-state index is 0.256. The van der Waals surface area contributed by atoms with E-state index < -0.39 is 0 Å². The van der Waals surface area contributed by atoms with Gasteiger partial charge in [-0.05, 0) is 37.9 Å². The molecule has 0 bridgehead atoms. The molecule has 120 valence electrons. The van der Waals surface area contributed by atoms with Crippen molar-refractivity contribution in [2.75, 3.05) is 33.0 Å². The molecular weight excluding hydrogens is 262 g/mol. The minimum Gasteiger partial charge on any atom is -0.379 e. The van der Waals surface area contributed by atoms with Crippen LogP contribution < -0.4 is 5.32 Å². The summed E-state index contributed by atoms with van der Waals surface area (Å²) in [6.45, 7) is 12.4. The predicted molar refractivity (Wildman–Crippen MR) is 88.9 cm³/mol. The minimum absolute atomic E-state index is 0.256. The molecule has 1 rings (SSSR count). The van der Waals surface area contributed by atoms with Gasteiger partial charge in [0.05, 0.1) is 25.9 Å². The summed E-state index contributed by atoms with van der Waals surface area (Å²) in [4.78, 5) is 0. The zero-order valence-electron chi connectivity index (χ0n) is 14.1. The van der Waals surface area contributed by atoms with Crippen molar-refractivity contribution in [2.45, 2.75) is 46.6 Å². The van der Waals surface area contributed by atoms with Gasteiger partial charge in [0.25, 0.3) is 0 Å². The topological polar surface area (TPSA) is 30.5 Å². The number of rotatable bonds is 11. The lowest BCUT2D eigenvalue weighted by Gasteiger charge is -2.21. The average molecular weight is 293 g/mol. The Morgan fingerprint density at radius 1 is 1.05 bits per heavy atom. The molecule has 3 nitrogen and oxygen atoms in total. The average Bonchev–Trinajstić information content (AvgIpc) is 2.45. The van der Waals surface area contributed by atoms with Gasteiger partial charge in [-0.15, -0.1) is 0 Å². The van der Waals surface area contributed by atoms with E-state index in [9.17, 15) is 0 Å². The molecule has 0 aromatic heterocycles. The Bertz CT molecular complexity index is 393. The van der Waals surface area contributed by atoms with Crippen molar-refractivity contribution in [3.8, 4) is 0 Å². The van der Waals surface area contributed by atoms with Crippen molar-refractivity contribution in [2.24, 2.45) is 0 Å². The van der Waals surface area contributed by atoms with Gasteiger partial charge in [0.1, 0.15) is 0 Å². The van der Waals surface area contributed by atoms with E-state index in [0.29, 0.717) is 19.8 Å². The van der Waals surface area contributed by atoms with Gasteiger partial charge in [0.2, 0.25) is 0 Å². The lowest BCUT2D eigenvalue weighted by atomic mass is 9.99. The van der Waals surface area contributed by atoms with Gasteiger partial charge in [-0.1, -0.05) is 44.0 Å². The van der Waals surface area contributed by atoms with Gasteiger partial charge in [-0.3, -0.25) is 0 Å². The Morgan fingerprint density at radius 2 is 1.81 bits per heavy atom. The molecule has 0 saturated heterocycles. The Morgan fingerprint density at radius 3 is 2.48 bits per heavy atom. The van der Waals surface area contributed by atoms with E-state index in [4.69, 9.17) is 9.47 Å². The van der Waals surface area contributed by atoms with Gasteiger partial charge >= 0.3 is 0 Å². The summed E-state index contributed by atoms with van der Waals surface area (Å²) in [5.41, 5.74) is 3.95. The van der Waals surface area contributed by atoms with Crippen molar-refractivity contribution in [1.29, 1.82) is 0 Å². The molecule has 1 unspecified atom stereocenters. The Labute approximate surface area is 130 Å². The number of nitrogens with one attached hydrogen (secondary N) is 1. The lowest BCUT2D eigenvalue weighted by Crippen LogP contribution is -2.26. The molecule has 0 fully saturated rings. The molecular formula is C18H31NO2. The monoisotopic (exact) mass is 293 g/mol. The number of ether oxygens (including phenoxy) is 2. The van der Waals surface area contributed by atoms with Crippen LogP contribution in [0.15, 0.2) is 18.2 Å². The molecule has 0 aliphatic heterocycles. The highest BCUT2D eigenvalue weighted by Crippen LogP contribution is 2.19. The van der Waals surface area contributed by atoms with E-state index in [2.05, 4.69) is 51.2 Å². The number of hydrogen-bond donors (Lipinski definition) is 1. The zero-order chi connectivity index (χ0) is 15.5. The fourth-order valence-electron chi connectivity index (χ4n) is 2.39. The van der Waals surface area contributed by atoms with E-state index >= 15 is 0 Å². The first-order valence-electron chi connectivity index (χ1n) is 8.15. The Kier molecular flexibility index (Phi) is 9.31. The Hall–Kier alpha value is -0.900. The predicted octanol–water partition coefficient (Wildman–Crippen LogP) is 3.79. The summed E-state index contributed by atoms with van der Waals surface area (Å²) in [7, 11) is 0. The molecule has 21 heavy (non-hydrogen) atoms. The summed E-state index contributed by atoms with van der Waals surface area (Å²) >= 11 is 0. The number of aryl methyl sites for hydroxylation is 2. The lowest BCUT2D eigenvalue weighted by molar-refractivity contribution is 0.0381. The van der Waals surface area contributed by atoms with Gasteiger partial charge in [0.15, 0.2) is 0 Å². The summed E-state index contributed by atoms with van der Waals surface area (Å²) in [6.07, 6.45) is 2.30. The summed E-state index contributed by atoms with van der Waals surface area (Å²) in [5.74, 6) is 0. The second-order valence-corrected chi connectivity index (χ2v) is 5.51. The van der Waals surface area contributed by atoms with Gasteiger partial charge in [0, 0.05) is 6.61 Å². The molecule has 0 radical (unpaired) electrons. The van der Waals surface area contributed by atoms with Gasteiger partial charge < -0.3 is 14.8 Å². The van der Waals surface area contributed by atoms with Crippen molar-refractivity contribution in [1.82, 2.24) is 5.32 Å². The fraction of sp³-hybridized carbons (Fsp3) is 0.667. The first-order chi connectivity index (χ1) is 10.2. The molecule has 0 saturated carbocycles. The van der Waals surface area contributed by atoms with Crippen molar-refractivity contribution >= 4 is 0 Å². The standard InChI is InChI=1S/C18H31NO2/c1-5-7-10-20-11-12-21-14-18(19-6-2)17-9-8-15(3)13-16(17)4/h8-9,13,18-19H,5-7,10-12,14H2,1-4H3. The molecule has 0 heterocycles.